The van der Waals surface area contributed by atoms with E-state index in [-0.39, 0.29) is 11.9 Å². The number of rotatable bonds is 15. The molecule has 0 bridgehead atoms. The standard InChI is InChI=1S/C18H34O5/c1-4-21-13-14-22-17(19)11-9-7-5-6-8-10-12-18(20)23-15-16(2)3/h16H,4-15H2,1-3H3. The summed E-state index contributed by atoms with van der Waals surface area (Å²) in [5.74, 6) is 0.163. The molecule has 0 N–H and O–H groups in total. The first-order valence-electron chi connectivity index (χ1n) is 8.95. The average molecular weight is 330 g/mol. The maximum atomic E-state index is 11.4. The molecule has 0 amide bonds. The highest BCUT2D eigenvalue weighted by Crippen LogP contribution is 2.10. The van der Waals surface area contributed by atoms with Gasteiger partial charge in [-0.15, -0.1) is 0 Å². The zero-order valence-corrected chi connectivity index (χ0v) is 15.1. The summed E-state index contributed by atoms with van der Waals surface area (Å²) in [6, 6.07) is 0. The van der Waals surface area contributed by atoms with Crippen molar-refractivity contribution in [2.45, 2.75) is 72.1 Å². The van der Waals surface area contributed by atoms with Crippen LogP contribution in [0.4, 0.5) is 0 Å². The SMILES string of the molecule is CCOCCOC(=O)CCCCCCCCC(=O)OCC(C)C. The van der Waals surface area contributed by atoms with E-state index >= 15 is 0 Å². The highest BCUT2D eigenvalue weighted by Gasteiger charge is 2.04. The molecular weight excluding hydrogens is 296 g/mol. The maximum Gasteiger partial charge on any atom is 0.305 e. The molecule has 0 unspecified atom stereocenters. The topological polar surface area (TPSA) is 61.8 Å². The second-order valence-corrected chi connectivity index (χ2v) is 6.12. The molecule has 0 rings (SSSR count). The van der Waals surface area contributed by atoms with Gasteiger partial charge in [0.15, 0.2) is 0 Å². The molecule has 0 aromatic rings. The van der Waals surface area contributed by atoms with Gasteiger partial charge in [0.25, 0.3) is 0 Å². The monoisotopic (exact) mass is 330 g/mol. The van der Waals surface area contributed by atoms with Crippen LogP contribution in [0.5, 0.6) is 0 Å². The minimum atomic E-state index is -0.141. The third-order valence-corrected chi connectivity index (χ3v) is 3.28. The van der Waals surface area contributed by atoms with Gasteiger partial charge in [-0.3, -0.25) is 9.59 Å². The lowest BCUT2D eigenvalue weighted by molar-refractivity contribution is -0.146. The van der Waals surface area contributed by atoms with Crippen molar-refractivity contribution in [3.8, 4) is 0 Å². The number of hydrogen-bond donors (Lipinski definition) is 0. The number of hydrogen-bond acceptors (Lipinski definition) is 5. The van der Waals surface area contributed by atoms with Crippen molar-refractivity contribution in [1.29, 1.82) is 0 Å². The first kappa shape index (κ1) is 21.9. The van der Waals surface area contributed by atoms with Gasteiger partial charge in [0, 0.05) is 19.4 Å². The van der Waals surface area contributed by atoms with Gasteiger partial charge in [0.05, 0.1) is 13.2 Å². The first-order chi connectivity index (χ1) is 11.1. The van der Waals surface area contributed by atoms with Crippen LogP contribution in [-0.2, 0) is 23.8 Å². The molecule has 5 nitrogen and oxygen atoms in total. The fourth-order valence-corrected chi connectivity index (χ4v) is 2.01. The molecule has 0 saturated heterocycles. The number of carbonyl (C=O) groups excluding carboxylic acids is 2. The quantitative estimate of drug-likeness (QED) is 0.337. The molecule has 0 saturated carbocycles. The summed E-state index contributed by atoms with van der Waals surface area (Å²) in [5, 5.41) is 0. The van der Waals surface area contributed by atoms with Crippen molar-refractivity contribution in [2.75, 3.05) is 26.4 Å². The van der Waals surface area contributed by atoms with E-state index in [1.807, 2.05) is 20.8 Å². The highest BCUT2D eigenvalue weighted by atomic mass is 16.6. The third-order valence-electron chi connectivity index (χ3n) is 3.28. The van der Waals surface area contributed by atoms with Gasteiger partial charge in [-0.05, 0) is 25.7 Å². The summed E-state index contributed by atoms with van der Waals surface area (Å²) in [6.45, 7) is 7.95. The van der Waals surface area contributed by atoms with Crippen molar-refractivity contribution in [2.24, 2.45) is 5.92 Å². The van der Waals surface area contributed by atoms with E-state index in [1.165, 1.54) is 0 Å². The number of carbonyl (C=O) groups is 2. The Morgan fingerprint density at radius 3 is 1.83 bits per heavy atom. The molecule has 23 heavy (non-hydrogen) atoms. The molecule has 136 valence electrons. The van der Waals surface area contributed by atoms with Crippen LogP contribution < -0.4 is 0 Å². The van der Waals surface area contributed by atoms with Crippen LogP contribution >= 0.6 is 0 Å². The van der Waals surface area contributed by atoms with E-state index < -0.39 is 0 Å². The van der Waals surface area contributed by atoms with Crippen molar-refractivity contribution in [1.82, 2.24) is 0 Å². The molecule has 0 radical (unpaired) electrons. The summed E-state index contributed by atoms with van der Waals surface area (Å²) in [5.41, 5.74) is 0. The lowest BCUT2D eigenvalue weighted by Gasteiger charge is -2.07. The fraction of sp³-hybridized carbons (Fsp3) is 0.889. The molecule has 0 aromatic heterocycles. The summed E-state index contributed by atoms with van der Waals surface area (Å²) < 4.78 is 15.3. The largest absolute Gasteiger partial charge is 0.465 e. The first-order valence-corrected chi connectivity index (χ1v) is 8.95. The van der Waals surface area contributed by atoms with Gasteiger partial charge >= 0.3 is 11.9 Å². The Labute approximate surface area is 141 Å². The average Bonchev–Trinajstić information content (AvgIpc) is 2.52. The molecule has 0 aliphatic carbocycles. The second kappa shape index (κ2) is 15.8. The summed E-state index contributed by atoms with van der Waals surface area (Å²) in [4.78, 5) is 22.8. The normalized spacial score (nSPS) is 10.8. The van der Waals surface area contributed by atoms with Crippen LogP contribution in [0.15, 0.2) is 0 Å². The van der Waals surface area contributed by atoms with E-state index in [9.17, 15) is 9.59 Å². The highest BCUT2D eigenvalue weighted by molar-refractivity contribution is 5.69. The number of esters is 2. The molecule has 0 aromatic carbocycles. The van der Waals surface area contributed by atoms with E-state index in [4.69, 9.17) is 14.2 Å². The van der Waals surface area contributed by atoms with Crippen LogP contribution in [-0.4, -0.2) is 38.4 Å². The molecule has 0 atom stereocenters. The fourth-order valence-electron chi connectivity index (χ4n) is 2.01. The van der Waals surface area contributed by atoms with Crippen molar-refractivity contribution in [3.05, 3.63) is 0 Å². The van der Waals surface area contributed by atoms with E-state index in [1.54, 1.807) is 0 Å². The van der Waals surface area contributed by atoms with Gasteiger partial charge in [0.2, 0.25) is 0 Å². The van der Waals surface area contributed by atoms with Gasteiger partial charge in [0.1, 0.15) is 6.61 Å². The van der Waals surface area contributed by atoms with E-state index in [0.29, 0.717) is 45.2 Å². The minimum absolute atomic E-state index is 0.0894. The molecule has 0 aliphatic rings. The Kier molecular flexibility index (Phi) is 15.0. The lowest BCUT2D eigenvalue weighted by atomic mass is 10.1. The van der Waals surface area contributed by atoms with Crippen LogP contribution in [0.25, 0.3) is 0 Å². The van der Waals surface area contributed by atoms with E-state index in [2.05, 4.69) is 0 Å². The van der Waals surface area contributed by atoms with Crippen LogP contribution in [0.2, 0.25) is 0 Å². The summed E-state index contributed by atoms with van der Waals surface area (Å²) in [6.07, 6.45) is 6.99. The van der Waals surface area contributed by atoms with Crippen LogP contribution in [0.1, 0.15) is 72.1 Å². The Bertz CT molecular complexity index is 302. The Morgan fingerprint density at radius 2 is 1.30 bits per heavy atom. The predicted octanol–water partition coefficient (Wildman–Crippen LogP) is 3.89. The molecule has 0 spiro atoms. The summed E-state index contributed by atoms with van der Waals surface area (Å²) >= 11 is 0. The number of unbranched alkanes of at least 4 members (excludes halogenated alkanes) is 5. The van der Waals surface area contributed by atoms with Crippen molar-refractivity contribution >= 4 is 11.9 Å². The lowest BCUT2D eigenvalue weighted by Crippen LogP contribution is -2.10. The van der Waals surface area contributed by atoms with Crippen LogP contribution in [0, 0.1) is 5.92 Å². The predicted molar refractivity (Wildman–Crippen MR) is 90.2 cm³/mol. The van der Waals surface area contributed by atoms with Gasteiger partial charge in [-0.25, -0.2) is 0 Å². The van der Waals surface area contributed by atoms with E-state index in [0.717, 1.165) is 38.5 Å². The molecule has 0 aliphatic heterocycles. The minimum Gasteiger partial charge on any atom is -0.465 e. The smallest absolute Gasteiger partial charge is 0.305 e. The Hall–Kier alpha value is -1.10. The van der Waals surface area contributed by atoms with Gasteiger partial charge in [-0.2, -0.15) is 0 Å². The zero-order chi connectivity index (χ0) is 17.3. The molecule has 5 heteroatoms. The number of ether oxygens (including phenoxy) is 3. The molecule has 0 heterocycles. The second-order valence-electron chi connectivity index (χ2n) is 6.12. The Balaban J connectivity index is 3.26. The third kappa shape index (κ3) is 17.1. The Morgan fingerprint density at radius 1 is 0.783 bits per heavy atom. The van der Waals surface area contributed by atoms with Crippen LogP contribution in [0.3, 0.4) is 0 Å². The summed E-state index contributed by atoms with van der Waals surface area (Å²) in [7, 11) is 0. The maximum absolute atomic E-state index is 11.4. The van der Waals surface area contributed by atoms with Crippen molar-refractivity contribution in [3.63, 3.8) is 0 Å². The van der Waals surface area contributed by atoms with Gasteiger partial charge < -0.3 is 14.2 Å². The molecule has 0 fully saturated rings. The zero-order valence-electron chi connectivity index (χ0n) is 15.1. The molecular formula is C18H34O5. The van der Waals surface area contributed by atoms with Crippen molar-refractivity contribution < 1.29 is 23.8 Å². The van der Waals surface area contributed by atoms with Gasteiger partial charge in [-0.1, -0.05) is 39.5 Å².